The molecule has 4 rings (SSSR count). The van der Waals surface area contributed by atoms with Crippen molar-refractivity contribution in [2.45, 2.75) is 19.4 Å². The van der Waals surface area contributed by atoms with Gasteiger partial charge in [0, 0.05) is 10.6 Å². The molecule has 178 valence electrons. The molecule has 0 aliphatic carbocycles. The van der Waals surface area contributed by atoms with Crippen molar-refractivity contribution in [2.24, 2.45) is 0 Å². The number of nitriles is 1. The molecular weight excluding hydrogens is 501 g/mol. The van der Waals surface area contributed by atoms with E-state index in [4.69, 9.17) is 34.7 Å². The fourth-order valence-electron chi connectivity index (χ4n) is 3.58. The lowest BCUT2D eigenvalue weighted by Crippen LogP contribution is -2.28. The molecule has 1 atom stereocenters. The number of hydrogen-bond donors (Lipinski definition) is 3. The smallest absolute Gasteiger partial charge is 0.267 e. The SMILES string of the molecule is CC(Nc1nc(N)nc(N)c1C#N)c1nc2cccc(Cl)c2c(=O)n1-c1cc(Cl)cc(C(F)F)c1. The summed E-state index contributed by atoms with van der Waals surface area (Å²) in [6.45, 7) is 1.63. The molecule has 0 bridgehead atoms. The van der Waals surface area contributed by atoms with E-state index >= 15 is 0 Å². The largest absolute Gasteiger partial charge is 0.382 e. The number of nitrogens with zero attached hydrogens (tertiary/aromatic N) is 5. The van der Waals surface area contributed by atoms with Crippen LogP contribution in [0.3, 0.4) is 0 Å². The van der Waals surface area contributed by atoms with Crippen LogP contribution in [0.1, 0.15) is 36.3 Å². The average Bonchev–Trinajstić information content (AvgIpc) is 2.78. The molecule has 9 nitrogen and oxygen atoms in total. The lowest BCUT2D eigenvalue weighted by molar-refractivity contribution is 0.151. The third-order valence-electron chi connectivity index (χ3n) is 5.09. The summed E-state index contributed by atoms with van der Waals surface area (Å²) in [5.74, 6) is -0.201. The first kappa shape index (κ1) is 24.1. The van der Waals surface area contributed by atoms with Gasteiger partial charge in [0.2, 0.25) is 5.95 Å². The zero-order chi connectivity index (χ0) is 25.4. The van der Waals surface area contributed by atoms with Gasteiger partial charge in [-0.15, -0.1) is 0 Å². The van der Waals surface area contributed by atoms with E-state index in [9.17, 15) is 18.8 Å². The van der Waals surface area contributed by atoms with E-state index in [1.807, 2.05) is 6.07 Å². The van der Waals surface area contributed by atoms with Gasteiger partial charge in [0.25, 0.3) is 12.0 Å². The summed E-state index contributed by atoms with van der Waals surface area (Å²) in [6.07, 6.45) is -2.83. The summed E-state index contributed by atoms with van der Waals surface area (Å²) in [6, 6.07) is 9.43. The van der Waals surface area contributed by atoms with Crippen LogP contribution in [0.15, 0.2) is 41.2 Å². The molecule has 0 radical (unpaired) electrons. The highest BCUT2D eigenvalue weighted by Gasteiger charge is 2.23. The fourth-order valence-corrected chi connectivity index (χ4v) is 4.07. The first-order valence-corrected chi connectivity index (χ1v) is 10.8. The van der Waals surface area contributed by atoms with Gasteiger partial charge >= 0.3 is 0 Å². The summed E-state index contributed by atoms with van der Waals surface area (Å²) in [5.41, 5.74) is 10.7. The van der Waals surface area contributed by atoms with Gasteiger partial charge in [-0.1, -0.05) is 29.3 Å². The summed E-state index contributed by atoms with van der Waals surface area (Å²) < 4.78 is 28.1. The zero-order valence-corrected chi connectivity index (χ0v) is 19.4. The van der Waals surface area contributed by atoms with Crippen molar-refractivity contribution >= 4 is 51.7 Å². The number of aromatic nitrogens is 4. The van der Waals surface area contributed by atoms with Crippen LogP contribution in [0.4, 0.5) is 26.4 Å². The Morgan fingerprint density at radius 2 is 1.89 bits per heavy atom. The normalized spacial score (nSPS) is 12.0. The molecule has 13 heteroatoms. The Morgan fingerprint density at radius 3 is 2.57 bits per heavy atom. The number of rotatable bonds is 5. The standard InChI is InChI=1S/C22H16Cl2F2N8O/c1-9(30-19-13(8-27)18(28)32-22(29)33-19)20-31-15-4-2-3-14(24)16(15)21(35)34(20)12-6-10(17(25)26)5-11(23)7-12/h2-7,9,17H,1H3,(H5,28,29,30,32,33). The lowest BCUT2D eigenvalue weighted by atomic mass is 10.1. The number of anilines is 3. The highest BCUT2D eigenvalue weighted by atomic mass is 35.5. The number of hydrogen-bond acceptors (Lipinski definition) is 8. The highest BCUT2D eigenvalue weighted by Crippen LogP contribution is 2.30. The van der Waals surface area contributed by atoms with Gasteiger partial charge in [0.1, 0.15) is 23.3 Å². The number of benzene rings is 2. The predicted octanol–water partition coefficient (Wildman–Crippen LogP) is 4.63. The van der Waals surface area contributed by atoms with Crippen molar-refractivity contribution in [3.05, 3.63) is 73.7 Å². The number of nitrogens with two attached hydrogens (primary N) is 2. The van der Waals surface area contributed by atoms with Crippen LogP contribution in [-0.4, -0.2) is 19.5 Å². The summed E-state index contributed by atoms with van der Waals surface area (Å²) in [5, 5.41) is 12.7. The van der Waals surface area contributed by atoms with Crippen molar-refractivity contribution in [1.29, 1.82) is 5.26 Å². The second kappa shape index (κ2) is 9.32. The second-order valence-electron chi connectivity index (χ2n) is 7.46. The molecule has 0 aliphatic rings. The molecule has 0 spiro atoms. The van der Waals surface area contributed by atoms with E-state index in [1.54, 1.807) is 19.1 Å². The molecule has 0 amide bonds. The monoisotopic (exact) mass is 516 g/mol. The van der Waals surface area contributed by atoms with E-state index < -0.39 is 18.0 Å². The molecule has 2 aromatic carbocycles. The second-order valence-corrected chi connectivity index (χ2v) is 8.30. The Kier molecular flexibility index (Phi) is 6.43. The van der Waals surface area contributed by atoms with E-state index in [0.717, 1.165) is 16.7 Å². The van der Waals surface area contributed by atoms with Gasteiger partial charge < -0.3 is 16.8 Å². The zero-order valence-electron chi connectivity index (χ0n) is 17.9. The van der Waals surface area contributed by atoms with E-state index in [0.29, 0.717) is 0 Å². The molecular formula is C22H16Cl2F2N8O. The number of fused-ring (bicyclic) bond motifs is 1. The Hall–Kier alpha value is -4.01. The van der Waals surface area contributed by atoms with E-state index in [-0.39, 0.29) is 61.2 Å². The van der Waals surface area contributed by atoms with Gasteiger partial charge in [-0.25, -0.2) is 13.8 Å². The van der Waals surface area contributed by atoms with Gasteiger partial charge in [-0.05, 0) is 37.3 Å². The minimum absolute atomic E-state index is 0.00127. The van der Waals surface area contributed by atoms with Crippen LogP contribution < -0.4 is 22.3 Å². The fraction of sp³-hybridized carbons (Fsp3) is 0.136. The maximum Gasteiger partial charge on any atom is 0.267 e. The molecule has 5 N–H and O–H groups in total. The molecule has 0 saturated heterocycles. The first-order chi connectivity index (χ1) is 16.6. The maximum atomic E-state index is 13.6. The number of nitrogen functional groups attached to an aromatic ring is 2. The predicted molar refractivity (Wildman–Crippen MR) is 130 cm³/mol. The minimum atomic E-state index is -2.83. The molecule has 0 saturated carbocycles. The molecule has 0 fully saturated rings. The third-order valence-corrected chi connectivity index (χ3v) is 5.63. The molecule has 1 unspecified atom stereocenters. The van der Waals surface area contributed by atoms with Crippen molar-refractivity contribution in [1.82, 2.24) is 19.5 Å². The van der Waals surface area contributed by atoms with Gasteiger partial charge in [0.15, 0.2) is 5.82 Å². The summed E-state index contributed by atoms with van der Waals surface area (Å²) in [4.78, 5) is 26.0. The molecule has 4 aromatic rings. The van der Waals surface area contributed by atoms with Crippen LogP contribution in [0.25, 0.3) is 16.6 Å². The Balaban J connectivity index is 1.99. The van der Waals surface area contributed by atoms with Crippen LogP contribution in [0.2, 0.25) is 10.0 Å². The number of nitrogens with one attached hydrogen (secondary N) is 1. The quantitative estimate of drug-likeness (QED) is 0.347. The molecule has 2 aromatic heterocycles. The third kappa shape index (κ3) is 4.53. The van der Waals surface area contributed by atoms with Crippen LogP contribution >= 0.6 is 23.2 Å². The molecule has 2 heterocycles. The van der Waals surface area contributed by atoms with E-state index in [2.05, 4.69) is 20.3 Å². The van der Waals surface area contributed by atoms with Crippen LogP contribution in [0.5, 0.6) is 0 Å². The van der Waals surface area contributed by atoms with Gasteiger partial charge in [-0.2, -0.15) is 15.2 Å². The van der Waals surface area contributed by atoms with E-state index in [1.165, 1.54) is 12.1 Å². The van der Waals surface area contributed by atoms with Crippen molar-refractivity contribution in [3.63, 3.8) is 0 Å². The topological polar surface area (TPSA) is 149 Å². The van der Waals surface area contributed by atoms with Crippen LogP contribution in [-0.2, 0) is 0 Å². The summed E-state index contributed by atoms with van der Waals surface area (Å²) >= 11 is 12.4. The van der Waals surface area contributed by atoms with Gasteiger partial charge in [0.05, 0.1) is 27.7 Å². The Bertz CT molecular complexity index is 1570. The van der Waals surface area contributed by atoms with Gasteiger partial charge in [-0.3, -0.25) is 9.36 Å². The Morgan fingerprint density at radius 1 is 1.14 bits per heavy atom. The van der Waals surface area contributed by atoms with Crippen LogP contribution in [0, 0.1) is 11.3 Å². The van der Waals surface area contributed by atoms with Crippen molar-refractivity contribution < 1.29 is 8.78 Å². The minimum Gasteiger partial charge on any atom is -0.382 e. The highest BCUT2D eigenvalue weighted by molar-refractivity contribution is 6.35. The summed E-state index contributed by atoms with van der Waals surface area (Å²) in [7, 11) is 0. The van der Waals surface area contributed by atoms with Crippen molar-refractivity contribution in [2.75, 3.05) is 16.8 Å². The molecule has 0 aliphatic heterocycles. The lowest BCUT2D eigenvalue weighted by Gasteiger charge is -2.21. The number of halogens is 4. The average molecular weight is 517 g/mol. The first-order valence-electron chi connectivity index (χ1n) is 10.0. The Labute approximate surface area is 206 Å². The maximum absolute atomic E-state index is 13.6. The van der Waals surface area contributed by atoms with Crippen molar-refractivity contribution in [3.8, 4) is 11.8 Å². The number of alkyl halides is 2. The molecule has 35 heavy (non-hydrogen) atoms.